The summed E-state index contributed by atoms with van der Waals surface area (Å²) in [7, 11) is 0. The largest absolute Gasteiger partial charge is 0.461 e. The molecule has 0 spiro atoms. The fraction of sp³-hybridized carbons (Fsp3) is 0.125. The third-order valence-electron chi connectivity index (χ3n) is 1.51. The van der Waals surface area contributed by atoms with Crippen molar-refractivity contribution in [1.82, 2.24) is 4.98 Å². The fourth-order valence-electron chi connectivity index (χ4n) is 0.973. The summed E-state index contributed by atoms with van der Waals surface area (Å²) in [4.78, 5) is 3.93. The molecule has 0 unspecified atom stereocenters. The van der Waals surface area contributed by atoms with Crippen LogP contribution in [0.3, 0.4) is 0 Å². The van der Waals surface area contributed by atoms with Crippen LogP contribution in [0.1, 0.15) is 5.69 Å². The molecule has 62 valence electrons. The van der Waals surface area contributed by atoms with Crippen LogP contribution in [0.15, 0.2) is 33.6 Å². The maximum Gasteiger partial charge on any atom is 0.194 e. The van der Waals surface area contributed by atoms with E-state index >= 15 is 0 Å². The second kappa shape index (κ2) is 3.03. The van der Waals surface area contributed by atoms with E-state index in [9.17, 15) is 0 Å². The average Bonchev–Trinajstić information content (AvgIpc) is 2.74. The molecule has 2 aromatic heterocycles. The van der Waals surface area contributed by atoms with Gasteiger partial charge in [0.25, 0.3) is 0 Å². The van der Waals surface area contributed by atoms with Crippen LogP contribution in [0.5, 0.6) is 0 Å². The second-order valence-electron chi connectivity index (χ2n) is 2.24. The summed E-state index contributed by atoms with van der Waals surface area (Å²) in [5.41, 5.74) is 0.701. The number of hydrogen-bond acceptors (Lipinski definition) is 3. The normalized spacial score (nSPS) is 10.4. The molecule has 0 saturated heterocycles. The van der Waals surface area contributed by atoms with Gasteiger partial charge in [-0.15, -0.1) is 11.6 Å². The zero-order chi connectivity index (χ0) is 8.39. The molecular weight excluding hydrogens is 178 g/mol. The van der Waals surface area contributed by atoms with Crippen molar-refractivity contribution in [2.75, 3.05) is 0 Å². The van der Waals surface area contributed by atoms with Gasteiger partial charge in [-0.1, -0.05) is 0 Å². The smallest absolute Gasteiger partial charge is 0.194 e. The molecule has 12 heavy (non-hydrogen) atoms. The van der Waals surface area contributed by atoms with E-state index in [0.717, 1.165) is 0 Å². The van der Waals surface area contributed by atoms with Crippen LogP contribution in [0.4, 0.5) is 0 Å². The Morgan fingerprint density at radius 3 is 3.00 bits per heavy atom. The van der Waals surface area contributed by atoms with E-state index in [2.05, 4.69) is 4.98 Å². The Morgan fingerprint density at radius 1 is 1.42 bits per heavy atom. The summed E-state index contributed by atoms with van der Waals surface area (Å²) < 4.78 is 10.2. The van der Waals surface area contributed by atoms with Crippen molar-refractivity contribution in [3.05, 3.63) is 30.5 Å². The number of halogens is 1. The number of furan rings is 1. The number of nitrogens with zero attached hydrogens (tertiary/aromatic N) is 1. The molecule has 0 radical (unpaired) electrons. The van der Waals surface area contributed by atoms with Crippen LogP contribution in [0.25, 0.3) is 11.5 Å². The standard InChI is InChI=1S/C8H6ClNO2/c9-4-6-8(12-5-10-6)7-2-1-3-11-7/h1-3,5H,4H2. The van der Waals surface area contributed by atoms with Gasteiger partial charge in [0.1, 0.15) is 5.69 Å². The SMILES string of the molecule is ClCc1ncoc1-c1ccco1. The van der Waals surface area contributed by atoms with Crippen molar-refractivity contribution >= 4 is 11.6 Å². The zero-order valence-corrected chi connectivity index (χ0v) is 6.91. The fourth-order valence-corrected chi connectivity index (χ4v) is 1.16. The first-order valence-corrected chi connectivity index (χ1v) is 3.97. The van der Waals surface area contributed by atoms with Gasteiger partial charge in [0, 0.05) is 0 Å². The maximum atomic E-state index is 5.63. The number of alkyl halides is 1. The van der Waals surface area contributed by atoms with Crippen molar-refractivity contribution in [2.45, 2.75) is 5.88 Å². The van der Waals surface area contributed by atoms with E-state index < -0.39 is 0 Å². The third kappa shape index (κ3) is 1.12. The second-order valence-corrected chi connectivity index (χ2v) is 2.51. The first kappa shape index (κ1) is 7.43. The number of aromatic nitrogens is 1. The average molecular weight is 184 g/mol. The van der Waals surface area contributed by atoms with E-state index in [1.807, 2.05) is 0 Å². The van der Waals surface area contributed by atoms with Gasteiger partial charge in [0.2, 0.25) is 0 Å². The predicted octanol–water partition coefficient (Wildman–Crippen LogP) is 2.67. The minimum atomic E-state index is 0.326. The van der Waals surface area contributed by atoms with Crippen LogP contribution in [0, 0.1) is 0 Å². The van der Waals surface area contributed by atoms with Gasteiger partial charge in [-0.25, -0.2) is 4.98 Å². The molecule has 2 heterocycles. The van der Waals surface area contributed by atoms with Crippen LogP contribution < -0.4 is 0 Å². The van der Waals surface area contributed by atoms with Crippen molar-refractivity contribution in [3.8, 4) is 11.5 Å². The maximum absolute atomic E-state index is 5.63. The number of hydrogen-bond donors (Lipinski definition) is 0. The Bertz CT molecular complexity index is 353. The molecule has 0 aromatic carbocycles. The number of rotatable bonds is 2. The van der Waals surface area contributed by atoms with Crippen LogP contribution in [-0.4, -0.2) is 4.98 Å². The van der Waals surface area contributed by atoms with E-state index in [1.165, 1.54) is 6.39 Å². The number of oxazole rings is 1. The van der Waals surface area contributed by atoms with E-state index in [1.54, 1.807) is 18.4 Å². The molecule has 0 atom stereocenters. The molecule has 0 aliphatic rings. The van der Waals surface area contributed by atoms with Crippen molar-refractivity contribution in [3.63, 3.8) is 0 Å². The van der Waals surface area contributed by atoms with E-state index in [4.69, 9.17) is 20.4 Å². The molecule has 0 fully saturated rings. The highest BCUT2D eigenvalue weighted by Crippen LogP contribution is 2.24. The minimum Gasteiger partial charge on any atom is -0.461 e. The van der Waals surface area contributed by atoms with Crippen molar-refractivity contribution in [2.24, 2.45) is 0 Å². The Morgan fingerprint density at radius 2 is 2.33 bits per heavy atom. The van der Waals surface area contributed by atoms with E-state index in [0.29, 0.717) is 23.1 Å². The van der Waals surface area contributed by atoms with Gasteiger partial charge in [-0.3, -0.25) is 0 Å². The molecule has 3 nitrogen and oxygen atoms in total. The monoisotopic (exact) mass is 183 g/mol. The lowest BCUT2D eigenvalue weighted by Gasteiger charge is -1.90. The third-order valence-corrected chi connectivity index (χ3v) is 1.77. The Balaban J connectivity index is 2.46. The highest BCUT2D eigenvalue weighted by Gasteiger charge is 2.11. The Kier molecular flexibility index (Phi) is 1.87. The van der Waals surface area contributed by atoms with Gasteiger partial charge in [0.15, 0.2) is 17.9 Å². The summed E-state index contributed by atoms with van der Waals surface area (Å²) >= 11 is 5.63. The molecule has 0 aliphatic carbocycles. The summed E-state index contributed by atoms with van der Waals surface area (Å²) in [5, 5.41) is 0. The summed E-state index contributed by atoms with van der Waals surface area (Å²) in [6.07, 6.45) is 2.94. The lowest BCUT2D eigenvalue weighted by atomic mass is 10.3. The Hall–Kier alpha value is -1.22. The van der Waals surface area contributed by atoms with Gasteiger partial charge in [0.05, 0.1) is 12.1 Å². The highest BCUT2D eigenvalue weighted by atomic mass is 35.5. The molecular formula is C8H6ClNO2. The Labute approximate surface area is 74.0 Å². The summed E-state index contributed by atoms with van der Waals surface area (Å²) in [5.74, 6) is 1.59. The van der Waals surface area contributed by atoms with Crippen LogP contribution >= 0.6 is 11.6 Å². The topological polar surface area (TPSA) is 39.2 Å². The van der Waals surface area contributed by atoms with Gasteiger partial charge < -0.3 is 8.83 Å². The molecule has 0 N–H and O–H groups in total. The molecule has 0 saturated carbocycles. The van der Waals surface area contributed by atoms with Crippen molar-refractivity contribution < 1.29 is 8.83 Å². The quantitative estimate of drug-likeness (QED) is 0.672. The molecule has 2 aromatic rings. The molecule has 0 amide bonds. The molecule has 0 aliphatic heterocycles. The summed E-state index contributed by atoms with van der Waals surface area (Å²) in [6, 6.07) is 3.59. The van der Waals surface area contributed by atoms with Gasteiger partial charge in [-0.05, 0) is 12.1 Å². The van der Waals surface area contributed by atoms with Crippen LogP contribution in [0.2, 0.25) is 0 Å². The van der Waals surface area contributed by atoms with Gasteiger partial charge in [-0.2, -0.15) is 0 Å². The zero-order valence-electron chi connectivity index (χ0n) is 6.16. The van der Waals surface area contributed by atoms with Gasteiger partial charge >= 0.3 is 0 Å². The minimum absolute atomic E-state index is 0.326. The molecule has 2 rings (SSSR count). The summed E-state index contributed by atoms with van der Waals surface area (Å²) in [6.45, 7) is 0. The molecule has 4 heteroatoms. The highest BCUT2D eigenvalue weighted by molar-refractivity contribution is 6.17. The predicted molar refractivity (Wildman–Crippen MR) is 43.8 cm³/mol. The first-order chi connectivity index (χ1) is 5.92. The van der Waals surface area contributed by atoms with Crippen LogP contribution in [-0.2, 0) is 5.88 Å². The van der Waals surface area contributed by atoms with Crippen molar-refractivity contribution in [1.29, 1.82) is 0 Å². The van der Waals surface area contributed by atoms with E-state index in [-0.39, 0.29) is 0 Å². The lowest BCUT2D eigenvalue weighted by molar-refractivity contribution is 0.520. The molecule has 0 bridgehead atoms. The first-order valence-electron chi connectivity index (χ1n) is 3.44. The lowest BCUT2D eigenvalue weighted by Crippen LogP contribution is -1.79.